The molecule has 1 aromatic carbocycles. The first kappa shape index (κ1) is 13.9. The number of benzene rings is 1. The molecular formula is C13H16O5S. The fourth-order valence-corrected chi connectivity index (χ4v) is 3.17. The molecule has 0 spiro atoms. The van der Waals surface area contributed by atoms with Gasteiger partial charge in [0.15, 0.2) is 21.3 Å². The summed E-state index contributed by atoms with van der Waals surface area (Å²) >= 11 is 0. The van der Waals surface area contributed by atoms with E-state index in [9.17, 15) is 13.5 Å². The highest BCUT2D eigenvalue weighted by Gasteiger charge is 2.21. The van der Waals surface area contributed by atoms with Crippen molar-refractivity contribution in [1.82, 2.24) is 0 Å². The zero-order chi connectivity index (χ0) is 13.9. The second-order valence-corrected chi connectivity index (χ2v) is 6.45. The molecule has 1 saturated heterocycles. The first-order chi connectivity index (χ1) is 8.96. The lowest BCUT2D eigenvalue weighted by Crippen LogP contribution is -2.18. The Labute approximate surface area is 112 Å². The Morgan fingerprint density at radius 2 is 2.11 bits per heavy atom. The summed E-state index contributed by atoms with van der Waals surface area (Å²) in [6, 6.07) is 4.13. The Kier molecular flexibility index (Phi) is 4.11. The number of aromatic hydroxyl groups is 2. The zero-order valence-electron chi connectivity index (χ0n) is 10.3. The van der Waals surface area contributed by atoms with E-state index in [-0.39, 0.29) is 23.4 Å². The summed E-state index contributed by atoms with van der Waals surface area (Å²) < 4.78 is 29.0. The van der Waals surface area contributed by atoms with Crippen molar-refractivity contribution < 1.29 is 23.4 Å². The van der Waals surface area contributed by atoms with Crippen molar-refractivity contribution >= 4 is 15.9 Å². The van der Waals surface area contributed by atoms with Gasteiger partial charge in [0, 0.05) is 12.0 Å². The molecule has 19 heavy (non-hydrogen) atoms. The minimum atomic E-state index is -3.34. The van der Waals surface area contributed by atoms with E-state index in [1.165, 1.54) is 24.3 Å². The monoisotopic (exact) mass is 284 g/mol. The molecule has 0 aromatic heterocycles. The van der Waals surface area contributed by atoms with Crippen molar-refractivity contribution in [3.63, 3.8) is 0 Å². The molecule has 1 aliphatic rings. The van der Waals surface area contributed by atoms with Crippen LogP contribution in [0.25, 0.3) is 6.08 Å². The maximum Gasteiger partial charge on any atom is 0.174 e. The van der Waals surface area contributed by atoms with Crippen LogP contribution in [0.15, 0.2) is 23.6 Å². The standard InChI is InChI=1S/C13H16O5S/c14-12-4-3-10(8-13(12)15)5-7-19(16,17)9-11-2-1-6-18-11/h3-5,7-8,11,14-15H,1-2,6,9H2/b7-5+. The summed E-state index contributed by atoms with van der Waals surface area (Å²) in [6.45, 7) is 0.621. The first-order valence-corrected chi connectivity index (χ1v) is 7.72. The van der Waals surface area contributed by atoms with E-state index in [4.69, 9.17) is 9.84 Å². The summed E-state index contributed by atoms with van der Waals surface area (Å²) in [4.78, 5) is 0. The molecule has 2 N–H and O–H groups in total. The van der Waals surface area contributed by atoms with Crippen LogP contribution in [-0.4, -0.2) is 37.1 Å². The van der Waals surface area contributed by atoms with Gasteiger partial charge in [0.25, 0.3) is 0 Å². The molecule has 0 saturated carbocycles. The minimum Gasteiger partial charge on any atom is -0.504 e. The van der Waals surface area contributed by atoms with Crippen molar-refractivity contribution in [2.45, 2.75) is 18.9 Å². The third kappa shape index (κ3) is 3.97. The number of sulfone groups is 1. The quantitative estimate of drug-likeness (QED) is 0.822. The minimum absolute atomic E-state index is 0.0203. The molecule has 0 bridgehead atoms. The summed E-state index contributed by atoms with van der Waals surface area (Å²) in [5.41, 5.74) is 0.506. The number of phenols is 2. The zero-order valence-corrected chi connectivity index (χ0v) is 11.1. The van der Waals surface area contributed by atoms with Crippen LogP contribution in [-0.2, 0) is 14.6 Å². The number of rotatable bonds is 4. The van der Waals surface area contributed by atoms with Gasteiger partial charge in [-0.15, -0.1) is 0 Å². The number of hydrogen-bond acceptors (Lipinski definition) is 5. The lowest BCUT2D eigenvalue weighted by atomic mass is 10.2. The van der Waals surface area contributed by atoms with Crippen LogP contribution in [0.1, 0.15) is 18.4 Å². The van der Waals surface area contributed by atoms with Gasteiger partial charge in [0.2, 0.25) is 0 Å². The molecule has 2 rings (SSSR count). The van der Waals surface area contributed by atoms with Crippen LogP contribution in [0.5, 0.6) is 11.5 Å². The van der Waals surface area contributed by atoms with Gasteiger partial charge < -0.3 is 14.9 Å². The van der Waals surface area contributed by atoms with Crippen molar-refractivity contribution in [2.75, 3.05) is 12.4 Å². The Balaban J connectivity index is 2.05. The second kappa shape index (κ2) is 5.63. The third-order valence-corrected chi connectivity index (χ3v) is 4.30. The predicted octanol–water partition coefficient (Wildman–Crippen LogP) is 1.66. The number of phenolic OH excluding ortho intramolecular Hbond substituents is 2. The fourth-order valence-electron chi connectivity index (χ4n) is 1.92. The SMILES string of the molecule is O=S(=O)(/C=C/c1ccc(O)c(O)c1)CC1CCCO1. The molecular weight excluding hydrogens is 268 g/mol. The third-order valence-electron chi connectivity index (χ3n) is 2.91. The molecule has 6 heteroatoms. The first-order valence-electron chi connectivity index (χ1n) is 6.01. The number of hydrogen-bond donors (Lipinski definition) is 2. The van der Waals surface area contributed by atoms with Crippen LogP contribution in [0.2, 0.25) is 0 Å². The van der Waals surface area contributed by atoms with Crippen LogP contribution in [0.4, 0.5) is 0 Å². The average molecular weight is 284 g/mol. The van der Waals surface area contributed by atoms with Crippen molar-refractivity contribution in [1.29, 1.82) is 0 Å². The highest BCUT2D eigenvalue weighted by atomic mass is 32.2. The van der Waals surface area contributed by atoms with E-state index in [0.717, 1.165) is 18.2 Å². The van der Waals surface area contributed by atoms with E-state index in [0.29, 0.717) is 12.2 Å². The molecule has 1 aliphatic heterocycles. The van der Waals surface area contributed by atoms with Gasteiger partial charge in [0.05, 0.1) is 11.9 Å². The molecule has 0 radical (unpaired) electrons. The molecule has 1 aromatic rings. The van der Waals surface area contributed by atoms with Gasteiger partial charge >= 0.3 is 0 Å². The maximum atomic E-state index is 11.8. The molecule has 0 amide bonds. The Bertz CT molecular complexity index is 571. The van der Waals surface area contributed by atoms with Gasteiger partial charge in [-0.3, -0.25) is 0 Å². The molecule has 1 heterocycles. The molecule has 1 fully saturated rings. The van der Waals surface area contributed by atoms with E-state index in [1.807, 2.05) is 0 Å². The van der Waals surface area contributed by atoms with Gasteiger partial charge in [0.1, 0.15) is 0 Å². The summed E-state index contributed by atoms with van der Waals surface area (Å²) in [7, 11) is -3.34. The maximum absolute atomic E-state index is 11.8. The second-order valence-electron chi connectivity index (χ2n) is 4.52. The van der Waals surface area contributed by atoms with Crippen LogP contribution in [0, 0.1) is 0 Å². The molecule has 1 unspecified atom stereocenters. The van der Waals surface area contributed by atoms with E-state index < -0.39 is 9.84 Å². The largest absolute Gasteiger partial charge is 0.504 e. The number of ether oxygens (including phenoxy) is 1. The van der Waals surface area contributed by atoms with Gasteiger partial charge in [-0.2, -0.15) is 0 Å². The topological polar surface area (TPSA) is 83.8 Å². The molecule has 5 nitrogen and oxygen atoms in total. The van der Waals surface area contributed by atoms with Crippen LogP contribution < -0.4 is 0 Å². The summed E-state index contributed by atoms with van der Waals surface area (Å²) in [6.07, 6.45) is 2.84. The smallest absolute Gasteiger partial charge is 0.174 e. The normalized spacial score (nSPS) is 20.1. The van der Waals surface area contributed by atoms with Crippen molar-refractivity contribution in [2.24, 2.45) is 0 Å². The van der Waals surface area contributed by atoms with E-state index in [2.05, 4.69) is 0 Å². The summed E-state index contributed by atoms with van der Waals surface area (Å²) in [5.74, 6) is -0.536. The molecule has 104 valence electrons. The Hall–Kier alpha value is -1.53. The summed E-state index contributed by atoms with van der Waals surface area (Å²) in [5, 5.41) is 19.6. The highest BCUT2D eigenvalue weighted by molar-refractivity contribution is 7.94. The predicted molar refractivity (Wildman–Crippen MR) is 71.6 cm³/mol. The highest BCUT2D eigenvalue weighted by Crippen LogP contribution is 2.25. The fraction of sp³-hybridized carbons (Fsp3) is 0.385. The van der Waals surface area contributed by atoms with Gasteiger partial charge in [-0.25, -0.2) is 8.42 Å². The lowest BCUT2D eigenvalue weighted by molar-refractivity contribution is 0.127. The van der Waals surface area contributed by atoms with Gasteiger partial charge in [-0.05, 0) is 36.6 Å². The van der Waals surface area contributed by atoms with E-state index >= 15 is 0 Å². The van der Waals surface area contributed by atoms with Crippen molar-refractivity contribution in [3.05, 3.63) is 29.2 Å². The Morgan fingerprint density at radius 3 is 2.74 bits per heavy atom. The van der Waals surface area contributed by atoms with Crippen molar-refractivity contribution in [3.8, 4) is 11.5 Å². The average Bonchev–Trinajstić information content (AvgIpc) is 2.83. The van der Waals surface area contributed by atoms with Crippen LogP contribution in [0.3, 0.4) is 0 Å². The van der Waals surface area contributed by atoms with E-state index in [1.54, 1.807) is 0 Å². The Morgan fingerprint density at radius 1 is 1.32 bits per heavy atom. The molecule has 0 aliphatic carbocycles. The van der Waals surface area contributed by atoms with Gasteiger partial charge in [-0.1, -0.05) is 6.07 Å². The van der Waals surface area contributed by atoms with Crippen LogP contribution >= 0.6 is 0 Å². The lowest BCUT2D eigenvalue weighted by Gasteiger charge is -2.07. The molecule has 1 atom stereocenters.